The fraction of sp³-hybridized carbons (Fsp3) is 0.0625. The molecule has 0 unspecified atom stereocenters. The van der Waals surface area contributed by atoms with Crippen molar-refractivity contribution in [2.24, 2.45) is 5.16 Å². The van der Waals surface area contributed by atoms with E-state index in [1.165, 1.54) is 6.07 Å². The molecule has 0 radical (unpaired) electrons. The SMILES string of the molecule is [Na+].[O-]/N=C1/c2ccccc2-c2nc3ccc(C(F)(F)F)cc3nc21. The van der Waals surface area contributed by atoms with E-state index in [9.17, 15) is 18.4 Å². The van der Waals surface area contributed by atoms with Gasteiger partial charge in [0.25, 0.3) is 0 Å². The fourth-order valence-electron chi connectivity index (χ4n) is 2.70. The molecule has 0 amide bonds. The summed E-state index contributed by atoms with van der Waals surface area (Å²) in [5.74, 6) is 0. The summed E-state index contributed by atoms with van der Waals surface area (Å²) in [5.41, 5.74) is 1.66. The van der Waals surface area contributed by atoms with Crippen molar-refractivity contribution in [3.8, 4) is 11.3 Å². The number of hydrogen-bond acceptors (Lipinski definition) is 4. The maximum atomic E-state index is 12.8. The summed E-state index contributed by atoms with van der Waals surface area (Å²) in [7, 11) is 0. The second kappa shape index (κ2) is 5.84. The number of rotatable bonds is 0. The van der Waals surface area contributed by atoms with Crippen LogP contribution in [0.25, 0.3) is 22.3 Å². The zero-order chi connectivity index (χ0) is 16.2. The topological polar surface area (TPSA) is 61.2 Å². The summed E-state index contributed by atoms with van der Waals surface area (Å²) >= 11 is 0. The van der Waals surface area contributed by atoms with Gasteiger partial charge in [-0.05, 0) is 18.2 Å². The van der Waals surface area contributed by atoms with Crippen LogP contribution in [0.1, 0.15) is 16.8 Å². The maximum absolute atomic E-state index is 12.8. The first-order chi connectivity index (χ1) is 11.0. The third-order valence-corrected chi connectivity index (χ3v) is 3.74. The zero-order valence-electron chi connectivity index (χ0n) is 12.4. The Balaban J connectivity index is 0.00000169. The molecule has 0 saturated carbocycles. The number of nitrogens with zero attached hydrogens (tertiary/aromatic N) is 3. The fourth-order valence-corrected chi connectivity index (χ4v) is 2.70. The first kappa shape index (κ1) is 16.9. The number of aromatic nitrogens is 2. The molecule has 4 rings (SSSR count). The predicted molar refractivity (Wildman–Crippen MR) is 79.0 cm³/mol. The Kier molecular flexibility index (Phi) is 4.11. The van der Waals surface area contributed by atoms with Crippen LogP contribution in [0.4, 0.5) is 13.2 Å². The molecule has 4 nitrogen and oxygen atoms in total. The molecule has 0 aliphatic heterocycles. The number of alkyl halides is 3. The molecule has 1 aromatic heterocycles. The average Bonchev–Trinajstić information content (AvgIpc) is 2.84. The summed E-state index contributed by atoms with van der Waals surface area (Å²) < 4.78 is 38.5. The summed E-state index contributed by atoms with van der Waals surface area (Å²) in [6, 6.07) is 10.2. The number of hydrogen-bond donors (Lipinski definition) is 0. The Morgan fingerprint density at radius 3 is 2.21 bits per heavy atom. The first-order valence-electron chi connectivity index (χ1n) is 6.68. The van der Waals surface area contributed by atoms with Crippen LogP contribution in [0, 0.1) is 5.21 Å². The normalized spacial score (nSPS) is 14.4. The molecule has 8 heteroatoms. The molecule has 1 aliphatic carbocycles. The second-order valence-electron chi connectivity index (χ2n) is 5.11. The molecule has 24 heavy (non-hydrogen) atoms. The van der Waals surface area contributed by atoms with E-state index in [1.807, 2.05) is 0 Å². The number of halogens is 3. The molecular weight excluding hydrogens is 330 g/mol. The van der Waals surface area contributed by atoms with Gasteiger partial charge in [0, 0.05) is 11.1 Å². The molecule has 0 fully saturated rings. The molecule has 114 valence electrons. The van der Waals surface area contributed by atoms with Crippen LogP contribution in [0.5, 0.6) is 0 Å². The minimum Gasteiger partial charge on any atom is -0.791 e. The minimum atomic E-state index is -4.46. The first-order valence-corrected chi connectivity index (χ1v) is 6.68. The van der Waals surface area contributed by atoms with E-state index in [0.29, 0.717) is 22.3 Å². The largest absolute Gasteiger partial charge is 1.00 e. The van der Waals surface area contributed by atoms with Crippen molar-refractivity contribution in [3.63, 3.8) is 0 Å². The van der Waals surface area contributed by atoms with Gasteiger partial charge in [0.15, 0.2) is 0 Å². The van der Waals surface area contributed by atoms with Crippen LogP contribution in [0.3, 0.4) is 0 Å². The van der Waals surface area contributed by atoms with Crippen LogP contribution in [0.2, 0.25) is 0 Å². The van der Waals surface area contributed by atoms with Gasteiger partial charge in [0.1, 0.15) is 5.69 Å². The van der Waals surface area contributed by atoms with E-state index in [-0.39, 0.29) is 46.5 Å². The van der Waals surface area contributed by atoms with E-state index in [4.69, 9.17) is 0 Å². The molecule has 0 bridgehead atoms. The van der Waals surface area contributed by atoms with Gasteiger partial charge < -0.3 is 10.4 Å². The Morgan fingerprint density at radius 1 is 0.875 bits per heavy atom. The Labute approximate surface area is 156 Å². The van der Waals surface area contributed by atoms with Crippen molar-refractivity contribution in [2.45, 2.75) is 6.18 Å². The quantitative estimate of drug-likeness (QED) is 0.355. The minimum absolute atomic E-state index is 0. The van der Waals surface area contributed by atoms with Gasteiger partial charge in [-0.15, -0.1) is 0 Å². The molecule has 0 saturated heterocycles. The Bertz CT molecular complexity index is 986. The summed E-state index contributed by atoms with van der Waals surface area (Å²) in [4.78, 5) is 8.57. The van der Waals surface area contributed by atoms with E-state index in [1.54, 1.807) is 24.3 Å². The van der Waals surface area contributed by atoms with Gasteiger partial charge in [-0.1, -0.05) is 24.3 Å². The third kappa shape index (κ3) is 2.49. The standard InChI is InChI=1S/C16H8F3N3O.Na/c17-16(18,19)8-5-6-11-12(7-8)21-15-13(20-11)9-3-1-2-4-10(9)14(15)22-23;/h1-7,23H;/q;+1/p-1/b22-14-;. The van der Waals surface area contributed by atoms with Gasteiger partial charge >= 0.3 is 35.7 Å². The molecule has 1 aliphatic rings. The molecule has 0 spiro atoms. The van der Waals surface area contributed by atoms with E-state index in [2.05, 4.69) is 15.1 Å². The monoisotopic (exact) mass is 337 g/mol. The Morgan fingerprint density at radius 2 is 1.54 bits per heavy atom. The molecular formula is C16H7F3N3NaO. The van der Waals surface area contributed by atoms with Crippen LogP contribution in [-0.2, 0) is 6.18 Å². The van der Waals surface area contributed by atoms with Crippen molar-refractivity contribution < 1.29 is 42.7 Å². The molecule has 0 atom stereocenters. The van der Waals surface area contributed by atoms with Gasteiger partial charge in [-0.2, -0.15) is 13.2 Å². The van der Waals surface area contributed by atoms with E-state index >= 15 is 0 Å². The van der Waals surface area contributed by atoms with Crippen LogP contribution in [-0.4, -0.2) is 15.7 Å². The average molecular weight is 337 g/mol. The molecule has 0 N–H and O–H groups in total. The predicted octanol–water partition coefficient (Wildman–Crippen LogP) is 0.968. The van der Waals surface area contributed by atoms with Crippen LogP contribution in [0.15, 0.2) is 47.6 Å². The summed E-state index contributed by atoms with van der Waals surface area (Å²) in [5, 5.41) is 14.2. The van der Waals surface area contributed by atoms with Crippen molar-refractivity contribution in [2.75, 3.05) is 0 Å². The molecule has 2 aromatic carbocycles. The zero-order valence-corrected chi connectivity index (χ0v) is 14.4. The van der Waals surface area contributed by atoms with Crippen molar-refractivity contribution in [3.05, 3.63) is 64.5 Å². The smallest absolute Gasteiger partial charge is 0.791 e. The second-order valence-corrected chi connectivity index (χ2v) is 5.11. The Hall–Kier alpha value is -1.96. The van der Waals surface area contributed by atoms with Crippen LogP contribution < -0.4 is 29.6 Å². The van der Waals surface area contributed by atoms with Gasteiger partial charge in [0.05, 0.1) is 28.0 Å². The van der Waals surface area contributed by atoms with Crippen LogP contribution >= 0.6 is 0 Å². The summed E-state index contributed by atoms with van der Waals surface area (Å²) in [6.45, 7) is 0. The van der Waals surface area contributed by atoms with Gasteiger partial charge in [0.2, 0.25) is 0 Å². The maximum Gasteiger partial charge on any atom is 1.00 e. The summed E-state index contributed by atoms with van der Waals surface area (Å²) in [6.07, 6.45) is -4.46. The van der Waals surface area contributed by atoms with Crippen molar-refractivity contribution >= 4 is 16.7 Å². The van der Waals surface area contributed by atoms with E-state index in [0.717, 1.165) is 12.1 Å². The van der Waals surface area contributed by atoms with Gasteiger partial charge in [-0.25, -0.2) is 9.97 Å². The number of fused-ring (bicyclic) bond motifs is 4. The van der Waals surface area contributed by atoms with E-state index < -0.39 is 11.7 Å². The molecule has 3 aromatic rings. The number of benzene rings is 2. The molecule has 1 heterocycles. The van der Waals surface area contributed by atoms with Crippen molar-refractivity contribution in [1.82, 2.24) is 9.97 Å². The van der Waals surface area contributed by atoms with Crippen molar-refractivity contribution in [1.29, 1.82) is 0 Å². The third-order valence-electron chi connectivity index (χ3n) is 3.74. The van der Waals surface area contributed by atoms with Gasteiger partial charge in [-0.3, -0.25) is 0 Å².